The lowest BCUT2D eigenvalue weighted by Crippen LogP contribution is -2.48. The zero-order chi connectivity index (χ0) is 26.9. The number of carbonyl (C=O) groups is 2. The van der Waals surface area contributed by atoms with Crippen LogP contribution in [-0.2, 0) is 22.6 Å². The summed E-state index contributed by atoms with van der Waals surface area (Å²) in [7, 11) is 0. The van der Waals surface area contributed by atoms with Crippen LogP contribution in [0.3, 0.4) is 0 Å². The third kappa shape index (κ3) is 8.34. The molecule has 1 aromatic heterocycles. The van der Waals surface area contributed by atoms with E-state index < -0.39 is 11.8 Å². The van der Waals surface area contributed by atoms with Crippen molar-refractivity contribution in [3.63, 3.8) is 0 Å². The number of nitrogens with zero attached hydrogens (tertiary/aromatic N) is 3. The Morgan fingerprint density at radius 1 is 0.974 bits per heavy atom. The van der Waals surface area contributed by atoms with Gasteiger partial charge in [0.05, 0.1) is 19.8 Å². The average molecular weight is 543 g/mol. The molecule has 0 aliphatic carbocycles. The maximum atomic E-state index is 13.7. The molecule has 1 saturated heterocycles. The number of thiophene rings is 1. The number of amides is 3. The molecule has 2 heterocycles. The molecule has 202 valence electrons. The van der Waals surface area contributed by atoms with Gasteiger partial charge < -0.3 is 19.9 Å². The van der Waals surface area contributed by atoms with Crippen molar-refractivity contribution in [1.82, 2.24) is 14.7 Å². The van der Waals surface area contributed by atoms with Crippen molar-refractivity contribution in [3.8, 4) is 0 Å². The van der Waals surface area contributed by atoms with Crippen molar-refractivity contribution in [3.05, 3.63) is 87.6 Å². The second-order valence-corrected chi connectivity index (χ2v) is 10.6. The summed E-state index contributed by atoms with van der Waals surface area (Å²) >= 11 is 1.60. The van der Waals surface area contributed by atoms with Gasteiger partial charge in [0.2, 0.25) is 5.91 Å². The van der Waals surface area contributed by atoms with Gasteiger partial charge in [-0.2, -0.15) is 0 Å². The van der Waals surface area contributed by atoms with Gasteiger partial charge in [-0.3, -0.25) is 9.69 Å². The summed E-state index contributed by atoms with van der Waals surface area (Å²) in [5, 5.41) is 2.72. The molecular formula is C28H32F2N4O3S. The third-order valence-electron chi connectivity index (χ3n) is 6.26. The van der Waals surface area contributed by atoms with Crippen LogP contribution in [0, 0.1) is 18.6 Å². The van der Waals surface area contributed by atoms with Crippen LogP contribution in [0.25, 0.3) is 0 Å². The Morgan fingerprint density at radius 3 is 2.42 bits per heavy atom. The molecule has 4 rings (SSSR count). The maximum absolute atomic E-state index is 13.7. The monoisotopic (exact) mass is 542 g/mol. The van der Waals surface area contributed by atoms with E-state index in [1.165, 1.54) is 35.2 Å². The zero-order valence-electron chi connectivity index (χ0n) is 21.4. The van der Waals surface area contributed by atoms with E-state index in [1.807, 2.05) is 19.1 Å². The fourth-order valence-electron chi connectivity index (χ4n) is 4.17. The number of ether oxygens (including phenoxy) is 1. The Balaban J connectivity index is 1.50. The first-order chi connectivity index (χ1) is 18.4. The number of urea groups is 1. The van der Waals surface area contributed by atoms with Crippen molar-refractivity contribution in [1.29, 1.82) is 0 Å². The number of hydrogen-bond acceptors (Lipinski definition) is 5. The first-order valence-electron chi connectivity index (χ1n) is 12.5. The summed E-state index contributed by atoms with van der Waals surface area (Å²) in [6.45, 7) is 6.15. The van der Waals surface area contributed by atoms with Crippen molar-refractivity contribution < 1.29 is 23.1 Å². The van der Waals surface area contributed by atoms with Crippen molar-refractivity contribution in [2.45, 2.75) is 20.0 Å². The van der Waals surface area contributed by atoms with Gasteiger partial charge >= 0.3 is 6.03 Å². The number of rotatable bonds is 10. The van der Waals surface area contributed by atoms with Crippen molar-refractivity contribution >= 4 is 29.0 Å². The van der Waals surface area contributed by atoms with E-state index in [1.54, 1.807) is 34.4 Å². The van der Waals surface area contributed by atoms with Gasteiger partial charge in [-0.25, -0.2) is 13.6 Å². The fourth-order valence-corrected chi connectivity index (χ4v) is 5.08. The zero-order valence-corrected chi connectivity index (χ0v) is 22.2. The van der Waals surface area contributed by atoms with Gasteiger partial charge in [-0.1, -0.05) is 18.2 Å². The van der Waals surface area contributed by atoms with E-state index in [9.17, 15) is 18.4 Å². The molecule has 0 saturated carbocycles. The molecule has 3 aromatic rings. The number of nitrogens with one attached hydrogen (secondary N) is 1. The third-order valence-corrected chi connectivity index (χ3v) is 7.25. The highest BCUT2D eigenvalue weighted by Gasteiger charge is 2.24. The van der Waals surface area contributed by atoms with Gasteiger partial charge in [-0.15, -0.1) is 11.3 Å². The van der Waals surface area contributed by atoms with E-state index in [2.05, 4.69) is 10.2 Å². The van der Waals surface area contributed by atoms with Gasteiger partial charge in [-0.05, 0) is 55.0 Å². The largest absolute Gasteiger partial charge is 0.379 e. The number of benzene rings is 2. The molecule has 7 nitrogen and oxygen atoms in total. The quantitative estimate of drug-likeness (QED) is 0.402. The molecule has 1 N–H and O–H groups in total. The van der Waals surface area contributed by atoms with E-state index in [0.29, 0.717) is 38.5 Å². The predicted molar refractivity (Wildman–Crippen MR) is 144 cm³/mol. The standard InChI is InChI=1S/C28H32F2N4O3S/c1-21-5-10-26(38-21)19-34(18-22-6-8-23(29)9-7-22)27(35)20-33(12-11-32-13-15-37-16-14-32)28(36)31-25-4-2-3-24(30)17-25/h2-10,17H,11-16,18-20H2,1H3,(H,31,36). The molecule has 0 atom stereocenters. The summed E-state index contributed by atoms with van der Waals surface area (Å²) in [5.41, 5.74) is 1.10. The van der Waals surface area contributed by atoms with Crippen LogP contribution in [0.15, 0.2) is 60.7 Å². The minimum atomic E-state index is -0.481. The number of aryl methyl sites for hydroxylation is 1. The van der Waals surface area contributed by atoms with Crippen molar-refractivity contribution in [2.24, 2.45) is 0 Å². The summed E-state index contributed by atoms with van der Waals surface area (Å²) in [6.07, 6.45) is 0. The summed E-state index contributed by atoms with van der Waals surface area (Å²) in [4.78, 5) is 34.4. The van der Waals surface area contributed by atoms with Crippen LogP contribution in [0.4, 0.5) is 19.3 Å². The summed E-state index contributed by atoms with van der Waals surface area (Å²) in [6, 6.07) is 15.2. The van der Waals surface area contributed by atoms with Crippen LogP contribution in [0.5, 0.6) is 0 Å². The molecule has 10 heteroatoms. The smallest absolute Gasteiger partial charge is 0.322 e. The highest BCUT2D eigenvalue weighted by atomic mass is 32.1. The van der Waals surface area contributed by atoms with Crippen LogP contribution in [0.1, 0.15) is 15.3 Å². The molecule has 0 unspecified atom stereocenters. The molecule has 1 fully saturated rings. The Kier molecular flexibility index (Phi) is 9.80. The van der Waals surface area contributed by atoms with Gasteiger partial charge in [0, 0.05) is 48.2 Å². The lowest BCUT2D eigenvalue weighted by atomic mass is 10.2. The number of halogens is 2. The van der Waals surface area contributed by atoms with E-state index >= 15 is 0 Å². The van der Waals surface area contributed by atoms with Crippen molar-refractivity contribution in [2.75, 3.05) is 51.3 Å². The highest BCUT2D eigenvalue weighted by molar-refractivity contribution is 7.11. The number of morpholine rings is 1. The highest BCUT2D eigenvalue weighted by Crippen LogP contribution is 2.19. The number of anilines is 1. The van der Waals surface area contributed by atoms with Crippen LogP contribution < -0.4 is 5.32 Å². The molecular weight excluding hydrogens is 510 g/mol. The van der Waals surface area contributed by atoms with Gasteiger partial charge in [0.25, 0.3) is 0 Å². The average Bonchev–Trinajstić information content (AvgIpc) is 3.32. The second kappa shape index (κ2) is 13.5. The SMILES string of the molecule is Cc1ccc(CN(Cc2ccc(F)cc2)C(=O)CN(CCN2CCOCC2)C(=O)Nc2cccc(F)c2)s1. The molecule has 3 amide bonds. The van der Waals surface area contributed by atoms with E-state index in [0.717, 1.165) is 28.4 Å². The Morgan fingerprint density at radius 2 is 1.74 bits per heavy atom. The summed E-state index contributed by atoms with van der Waals surface area (Å²) in [5.74, 6) is -1.05. The van der Waals surface area contributed by atoms with Gasteiger partial charge in [0.1, 0.15) is 18.2 Å². The van der Waals surface area contributed by atoms with Crippen LogP contribution in [-0.4, -0.2) is 72.6 Å². The predicted octanol–water partition coefficient (Wildman–Crippen LogP) is 4.73. The Labute approximate surface area is 225 Å². The maximum Gasteiger partial charge on any atom is 0.322 e. The molecule has 38 heavy (non-hydrogen) atoms. The van der Waals surface area contributed by atoms with E-state index in [4.69, 9.17) is 4.74 Å². The number of hydrogen-bond donors (Lipinski definition) is 1. The van der Waals surface area contributed by atoms with E-state index in [-0.39, 0.29) is 24.8 Å². The Bertz CT molecular complexity index is 1210. The normalized spacial score (nSPS) is 13.8. The second-order valence-electron chi connectivity index (χ2n) is 9.20. The molecule has 0 spiro atoms. The number of carbonyl (C=O) groups excluding carboxylic acids is 2. The van der Waals surface area contributed by atoms with Gasteiger partial charge in [0.15, 0.2) is 0 Å². The Hall–Kier alpha value is -3.34. The first kappa shape index (κ1) is 27.7. The first-order valence-corrected chi connectivity index (χ1v) is 13.4. The molecule has 2 aromatic carbocycles. The fraction of sp³-hybridized carbons (Fsp3) is 0.357. The molecule has 1 aliphatic heterocycles. The summed E-state index contributed by atoms with van der Waals surface area (Å²) < 4.78 is 32.6. The molecule has 1 aliphatic rings. The lowest BCUT2D eigenvalue weighted by molar-refractivity contribution is -0.133. The van der Waals surface area contributed by atoms with Crippen LogP contribution >= 0.6 is 11.3 Å². The lowest BCUT2D eigenvalue weighted by Gasteiger charge is -2.31. The minimum absolute atomic E-state index is 0.156. The minimum Gasteiger partial charge on any atom is -0.379 e. The van der Waals surface area contributed by atoms with Crippen LogP contribution in [0.2, 0.25) is 0 Å². The molecule has 0 bridgehead atoms. The molecule has 0 radical (unpaired) electrons. The topological polar surface area (TPSA) is 65.1 Å².